The number of aromatic nitrogens is 3. The van der Waals surface area contributed by atoms with E-state index >= 15 is 0 Å². The molecule has 0 saturated heterocycles. The Bertz CT molecular complexity index is 970. The highest BCUT2D eigenvalue weighted by molar-refractivity contribution is 5.94. The fraction of sp³-hybridized carbons (Fsp3) is 0.318. The summed E-state index contributed by atoms with van der Waals surface area (Å²) in [5, 5.41) is 22.1. The van der Waals surface area contributed by atoms with Crippen LogP contribution in [0.3, 0.4) is 0 Å². The third-order valence-electron chi connectivity index (χ3n) is 5.07. The van der Waals surface area contributed by atoms with Crippen LogP contribution in [0, 0.1) is 0 Å². The van der Waals surface area contributed by atoms with E-state index in [-0.39, 0.29) is 31.6 Å². The van der Waals surface area contributed by atoms with Crippen molar-refractivity contribution in [3.8, 4) is 11.3 Å². The van der Waals surface area contributed by atoms with Crippen molar-refractivity contribution in [2.24, 2.45) is 5.73 Å². The van der Waals surface area contributed by atoms with Crippen LogP contribution in [0.15, 0.2) is 48.8 Å². The van der Waals surface area contributed by atoms with E-state index in [1.165, 1.54) is 0 Å². The standard InChI is InChI=1S/C22H27N5O3/c1-2-14(12-28)21-25-11-17(9-23)20(27-21)16-8-18(24-10-16)22(30)26-19(13-29)15-6-4-3-5-7-15/h3-8,10-11,14,19,24,28-29H,2,9,12-13,23H2,1H3,(H,26,30)/t14?,19-/m1/s1. The van der Waals surface area contributed by atoms with Crippen molar-refractivity contribution >= 4 is 5.91 Å². The molecular formula is C22H27N5O3. The molecule has 1 unspecified atom stereocenters. The second kappa shape index (κ2) is 10.1. The topological polar surface area (TPSA) is 137 Å². The molecule has 1 amide bonds. The Kier molecular flexibility index (Phi) is 7.29. The van der Waals surface area contributed by atoms with Crippen LogP contribution < -0.4 is 11.1 Å². The number of H-pyrrole nitrogens is 1. The summed E-state index contributed by atoms with van der Waals surface area (Å²) in [6, 6.07) is 10.5. The van der Waals surface area contributed by atoms with Crippen LogP contribution in [0.25, 0.3) is 11.3 Å². The van der Waals surface area contributed by atoms with Gasteiger partial charge in [0.2, 0.25) is 0 Å². The third-order valence-corrected chi connectivity index (χ3v) is 5.07. The van der Waals surface area contributed by atoms with E-state index in [1.807, 2.05) is 37.3 Å². The number of nitrogens with one attached hydrogen (secondary N) is 2. The second-order valence-corrected chi connectivity index (χ2v) is 7.02. The zero-order chi connectivity index (χ0) is 21.5. The first kappa shape index (κ1) is 21.6. The first-order valence-electron chi connectivity index (χ1n) is 9.93. The zero-order valence-electron chi connectivity index (χ0n) is 16.9. The molecule has 8 heteroatoms. The van der Waals surface area contributed by atoms with Crippen molar-refractivity contribution in [1.29, 1.82) is 0 Å². The molecule has 3 aromatic rings. The Morgan fingerprint density at radius 3 is 2.63 bits per heavy atom. The molecule has 2 heterocycles. The molecule has 30 heavy (non-hydrogen) atoms. The van der Waals surface area contributed by atoms with Gasteiger partial charge in [-0.2, -0.15) is 0 Å². The molecule has 3 rings (SSSR count). The molecule has 2 atom stereocenters. The summed E-state index contributed by atoms with van der Waals surface area (Å²) in [5.74, 6) is 0.0480. The Balaban J connectivity index is 1.85. The van der Waals surface area contributed by atoms with Gasteiger partial charge in [0.25, 0.3) is 5.91 Å². The molecule has 6 N–H and O–H groups in total. The molecule has 0 spiro atoms. The van der Waals surface area contributed by atoms with E-state index in [0.717, 1.165) is 11.1 Å². The van der Waals surface area contributed by atoms with Gasteiger partial charge in [-0.15, -0.1) is 0 Å². The monoisotopic (exact) mass is 409 g/mol. The van der Waals surface area contributed by atoms with E-state index in [1.54, 1.807) is 18.5 Å². The SMILES string of the molecule is CCC(CO)c1ncc(CN)c(-c2c[nH]c(C(=O)N[C@H](CO)c3ccccc3)c2)n1. The summed E-state index contributed by atoms with van der Waals surface area (Å²) in [4.78, 5) is 24.6. The molecule has 1 aromatic carbocycles. The Morgan fingerprint density at radius 2 is 2.00 bits per heavy atom. The molecule has 2 aromatic heterocycles. The van der Waals surface area contributed by atoms with E-state index in [9.17, 15) is 15.0 Å². The van der Waals surface area contributed by atoms with E-state index in [0.29, 0.717) is 29.2 Å². The maximum atomic E-state index is 12.7. The molecule has 8 nitrogen and oxygen atoms in total. The van der Waals surface area contributed by atoms with Crippen LogP contribution in [0.1, 0.15) is 52.7 Å². The Morgan fingerprint density at radius 1 is 1.23 bits per heavy atom. The van der Waals surface area contributed by atoms with Crippen molar-refractivity contribution in [2.75, 3.05) is 13.2 Å². The fourth-order valence-corrected chi connectivity index (χ4v) is 3.23. The van der Waals surface area contributed by atoms with Crippen LogP contribution in [0.5, 0.6) is 0 Å². The molecule has 0 aliphatic rings. The summed E-state index contributed by atoms with van der Waals surface area (Å²) < 4.78 is 0. The lowest BCUT2D eigenvalue weighted by Crippen LogP contribution is -2.30. The molecule has 0 aliphatic carbocycles. The molecule has 0 bridgehead atoms. The number of benzene rings is 1. The number of aliphatic hydroxyl groups excluding tert-OH is 2. The summed E-state index contributed by atoms with van der Waals surface area (Å²) in [5.41, 5.74) is 9.09. The average molecular weight is 409 g/mol. The van der Waals surface area contributed by atoms with Crippen LogP contribution in [0.2, 0.25) is 0 Å². The fourth-order valence-electron chi connectivity index (χ4n) is 3.23. The van der Waals surface area contributed by atoms with Crippen molar-refractivity contribution in [3.05, 3.63) is 71.4 Å². The summed E-state index contributed by atoms with van der Waals surface area (Å²) in [7, 11) is 0. The van der Waals surface area contributed by atoms with Gasteiger partial charge in [0.1, 0.15) is 11.5 Å². The maximum absolute atomic E-state index is 12.7. The summed E-state index contributed by atoms with van der Waals surface area (Å²) >= 11 is 0. The number of aromatic amines is 1. The van der Waals surface area contributed by atoms with Gasteiger partial charge < -0.3 is 26.2 Å². The Labute approximate surface area is 175 Å². The molecule has 0 fully saturated rings. The number of hydrogen-bond donors (Lipinski definition) is 5. The van der Waals surface area contributed by atoms with Gasteiger partial charge in [0, 0.05) is 36.0 Å². The normalized spacial score (nSPS) is 13.1. The van der Waals surface area contributed by atoms with Crippen molar-refractivity contribution < 1.29 is 15.0 Å². The largest absolute Gasteiger partial charge is 0.396 e. The van der Waals surface area contributed by atoms with Gasteiger partial charge in [0.05, 0.1) is 24.9 Å². The highest BCUT2D eigenvalue weighted by atomic mass is 16.3. The smallest absolute Gasteiger partial charge is 0.268 e. The number of amides is 1. The number of aliphatic hydroxyl groups is 2. The van der Waals surface area contributed by atoms with Gasteiger partial charge in [-0.3, -0.25) is 4.79 Å². The number of nitrogens with two attached hydrogens (primary N) is 1. The predicted molar refractivity (Wildman–Crippen MR) is 114 cm³/mol. The highest BCUT2D eigenvalue weighted by Crippen LogP contribution is 2.25. The number of carbonyl (C=O) groups is 1. The van der Waals surface area contributed by atoms with E-state index in [2.05, 4.69) is 20.3 Å². The lowest BCUT2D eigenvalue weighted by atomic mass is 10.1. The molecule has 0 radical (unpaired) electrons. The first-order valence-corrected chi connectivity index (χ1v) is 9.93. The van der Waals surface area contributed by atoms with Crippen LogP contribution in [-0.2, 0) is 6.54 Å². The molecule has 0 saturated carbocycles. The minimum atomic E-state index is -0.509. The zero-order valence-corrected chi connectivity index (χ0v) is 16.9. The van der Waals surface area contributed by atoms with Crippen LogP contribution >= 0.6 is 0 Å². The average Bonchev–Trinajstić information content (AvgIpc) is 3.29. The molecule has 0 aliphatic heterocycles. The predicted octanol–water partition coefficient (Wildman–Crippen LogP) is 1.88. The summed E-state index contributed by atoms with van der Waals surface area (Å²) in [6.45, 7) is 1.96. The molecule has 158 valence electrons. The van der Waals surface area contributed by atoms with Crippen molar-refractivity contribution in [2.45, 2.75) is 31.8 Å². The van der Waals surface area contributed by atoms with Crippen LogP contribution in [-0.4, -0.2) is 44.3 Å². The van der Waals surface area contributed by atoms with Gasteiger partial charge in [-0.05, 0) is 18.1 Å². The maximum Gasteiger partial charge on any atom is 0.268 e. The van der Waals surface area contributed by atoms with Gasteiger partial charge in [-0.1, -0.05) is 37.3 Å². The number of nitrogens with zero attached hydrogens (tertiary/aromatic N) is 2. The molecular weight excluding hydrogens is 382 g/mol. The minimum absolute atomic E-state index is 0.0409. The van der Waals surface area contributed by atoms with Crippen molar-refractivity contribution in [1.82, 2.24) is 20.3 Å². The number of hydrogen-bond acceptors (Lipinski definition) is 6. The van der Waals surface area contributed by atoms with Gasteiger partial charge in [-0.25, -0.2) is 9.97 Å². The second-order valence-electron chi connectivity index (χ2n) is 7.02. The minimum Gasteiger partial charge on any atom is -0.396 e. The Hall–Kier alpha value is -3.07. The quantitative estimate of drug-likeness (QED) is 0.366. The number of carbonyl (C=O) groups excluding carboxylic acids is 1. The number of rotatable bonds is 9. The first-order chi connectivity index (χ1) is 14.6. The highest BCUT2D eigenvalue weighted by Gasteiger charge is 2.19. The van der Waals surface area contributed by atoms with Gasteiger partial charge in [0.15, 0.2) is 0 Å². The van der Waals surface area contributed by atoms with Gasteiger partial charge >= 0.3 is 0 Å². The van der Waals surface area contributed by atoms with Crippen molar-refractivity contribution in [3.63, 3.8) is 0 Å². The third kappa shape index (κ3) is 4.73. The van der Waals surface area contributed by atoms with E-state index < -0.39 is 6.04 Å². The lowest BCUT2D eigenvalue weighted by Gasteiger charge is -2.16. The summed E-state index contributed by atoms with van der Waals surface area (Å²) in [6.07, 6.45) is 4.07. The van der Waals surface area contributed by atoms with Crippen LogP contribution in [0.4, 0.5) is 0 Å². The van der Waals surface area contributed by atoms with E-state index in [4.69, 9.17) is 5.73 Å². The lowest BCUT2D eigenvalue weighted by molar-refractivity contribution is 0.0911.